The minimum atomic E-state index is -0.607. The van der Waals surface area contributed by atoms with Crippen molar-refractivity contribution < 1.29 is 23.8 Å². The molecule has 272 valence electrons. The number of carbonyl (C=O) groups excluding carboxylic acids is 2. The number of benzene rings is 1. The van der Waals surface area contributed by atoms with Gasteiger partial charge in [-0.15, -0.1) is 0 Å². The highest BCUT2D eigenvalue weighted by Crippen LogP contribution is 2.40. The largest absolute Gasteiger partial charge is 0.474 e. The summed E-state index contributed by atoms with van der Waals surface area (Å²) in [5, 5.41) is 6.47. The number of morpholine rings is 1. The molecule has 2 aromatic heterocycles. The Morgan fingerprint density at radius 2 is 1.66 bits per heavy atom. The molecule has 1 fully saturated rings. The molecule has 3 aliphatic heterocycles. The highest BCUT2D eigenvalue weighted by atomic mass is 16.6. The average Bonchev–Trinajstić information content (AvgIpc) is 3.10. The van der Waals surface area contributed by atoms with Gasteiger partial charge in [-0.05, 0) is 82.0 Å². The van der Waals surface area contributed by atoms with Crippen LogP contribution in [-0.4, -0.2) is 85.0 Å². The molecule has 1 aromatic carbocycles. The van der Waals surface area contributed by atoms with E-state index < -0.39 is 11.7 Å². The summed E-state index contributed by atoms with van der Waals surface area (Å²) in [6, 6.07) is 7.97. The molecule has 0 atom stereocenters. The molecule has 2 N–H and O–H groups in total. The van der Waals surface area contributed by atoms with Crippen LogP contribution in [0.3, 0.4) is 0 Å². The highest BCUT2D eigenvalue weighted by molar-refractivity contribution is 5.93. The van der Waals surface area contributed by atoms with Crippen LogP contribution in [0.25, 0.3) is 0 Å². The number of nitrogens with one attached hydrogen (secondary N) is 2. The molecule has 0 saturated carbocycles. The molecular weight excluding hydrogens is 634 g/mol. The molecule has 0 radical (unpaired) electrons. The van der Waals surface area contributed by atoms with E-state index >= 15 is 0 Å². The normalized spacial score (nSPS) is 15.5. The molecular formula is C38H55N7O5. The smallest absolute Gasteiger partial charge is 0.415 e. The second-order valence-electron chi connectivity index (χ2n) is 13.0. The fourth-order valence-corrected chi connectivity index (χ4v) is 6.04. The first kappa shape index (κ1) is 38.4. The maximum Gasteiger partial charge on any atom is 0.415 e. The van der Waals surface area contributed by atoms with Crippen LogP contribution < -0.4 is 25.2 Å². The SMILES string of the molecule is CC.CC.Cc1cc(Nc2cc3c(cn2)CCN(c2cnc4c(c2C)N(C(=O)OC(C)(C)C)CCO4)C3)ccc1NC(=O)CN1CCOCC1. The van der Waals surface area contributed by atoms with Crippen molar-refractivity contribution in [3.05, 3.63) is 58.9 Å². The van der Waals surface area contributed by atoms with Crippen molar-refractivity contribution in [3.8, 4) is 5.88 Å². The zero-order valence-electron chi connectivity index (χ0n) is 31.3. The fraction of sp³-hybridized carbons (Fsp3) is 0.526. The molecule has 2 amide bonds. The summed E-state index contributed by atoms with van der Waals surface area (Å²) in [5.74, 6) is 1.17. The zero-order valence-corrected chi connectivity index (χ0v) is 31.3. The summed E-state index contributed by atoms with van der Waals surface area (Å²) >= 11 is 0. The number of aryl methyl sites for hydroxylation is 1. The number of rotatable bonds is 6. The fourth-order valence-electron chi connectivity index (χ4n) is 6.04. The van der Waals surface area contributed by atoms with E-state index in [0.717, 1.165) is 60.1 Å². The van der Waals surface area contributed by atoms with Crippen LogP contribution in [0.2, 0.25) is 0 Å². The van der Waals surface area contributed by atoms with Crippen molar-refractivity contribution in [2.45, 2.75) is 80.9 Å². The van der Waals surface area contributed by atoms with Crippen molar-refractivity contribution in [3.63, 3.8) is 0 Å². The van der Waals surface area contributed by atoms with E-state index in [2.05, 4.69) is 36.5 Å². The number of carbonyl (C=O) groups is 2. The van der Waals surface area contributed by atoms with Gasteiger partial charge in [0.1, 0.15) is 23.7 Å². The summed E-state index contributed by atoms with van der Waals surface area (Å²) < 4.78 is 16.9. The Bertz CT molecular complexity index is 1620. The second kappa shape index (κ2) is 17.5. The molecule has 3 aromatic rings. The van der Waals surface area contributed by atoms with Crippen LogP contribution in [0.4, 0.5) is 33.4 Å². The first-order valence-electron chi connectivity index (χ1n) is 17.9. The Morgan fingerprint density at radius 1 is 0.920 bits per heavy atom. The summed E-state index contributed by atoms with van der Waals surface area (Å²) in [6.45, 7) is 23.0. The van der Waals surface area contributed by atoms with Gasteiger partial charge in [0.15, 0.2) is 0 Å². The molecule has 0 unspecified atom stereocenters. The number of hydrogen-bond donors (Lipinski definition) is 2. The van der Waals surface area contributed by atoms with Gasteiger partial charge in [-0.3, -0.25) is 14.6 Å². The first-order chi connectivity index (χ1) is 24.0. The minimum absolute atomic E-state index is 0.0268. The van der Waals surface area contributed by atoms with Crippen LogP contribution in [0.5, 0.6) is 5.88 Å². The monoisotopic (exact) mass is 689 g/mol. The van der Waals surface area contributed by atoms with Crippen LogP contribution in [-0.2, 0) is 27.2 Å². The van der Waals surface area contributed by atoms with E-state index in [-0.39, 0.29) is 5.91 Å². The predicted octanol–water partition coefficient (Wildman–Crippen LogP) is 6.86. The Balaban J connectivity index is 0.00000136. The number of amides is 2. The lowest BCUT2D eigenvalue weighted by atomic mass is 10.0. The van der Waals surface area contributed by atoms with E-state index in [4.69, 9.17) is 14.2 Å². The van der Waals surface area contributed by atoms with Crippen molar-refractivity contribution in [1.82, 2.24) is 14.9 Å². The molecule has 0 bridgehead atoms. The van der Waals surface area contributed by atoms with E-state index in [0.29, 0.717) is 51.0 Å². The van der Waals surface area contributed by atoms with Crippen LogP contribution >= 0.6 is 0 Å². The maximum absolute atomic E-state index is 13.1. The Labute approximate surface area is 297 Å². The van der Waals surface area contributed by atoms with Gasteiger partial charge in [0.2, 0.25) is 11.8 Å². The van der Waals surface area contributed by atoms with Gasteiger partial charge in [-0.2, -0.15) is 0 Å². The summed E-state index contributed by atoms with van der Waals surface area (Å²) in [5.41, 5.74) is 6.97. The lowest BCUT2D eigenvalue weighted by Gasteiger charge is -2.35. The molecule has 50 heavy (non-hydrogen) atoms. The van der Waals surface area contributed by atoms with E-state index in [1.54, 1.807) is 4.90 Å². The first-order valence-corrected chi connectivity index (χ1v) is 17.9. The Kier molecular flexibility index (Phi) is 13.4. The number of fused-ring (bicyclic) bond motifs is 2. The van der Waals surface area contributed by atoms with E-state index in [1.165, 1.54) is 11.1 Å². The highest BCUT2D eigenvalue weighted by Gasteiger charge is 2.32. The Hall–Kier alpha value is -4.42. The topological polar surface area (TPSA) is 121 Å². The zero-order chi connectivity index (χ0) is 36.4. The van der Waals surface area contributed by atoms with Crippen molar-refractivity contribution in [2.75, 3.05) is 73.0 Å². The van der Waals surface area contributed by atoms with Gasteiger partial charge in [0.25, 0.3) is 0 Å². The van der Waals surface area contributed by atoms with Crippen LogP contribution in [0.1, 0.15) is 70.7 Å². The number of nitrogens with zero attached hydrogens (tertiary/aromatic N) is 5. The number of hydrogen-bond acceptors (Lipinski definition) is 10. The molecule has 0 aliphatic carbocycles. The van der Waals surface area contributed by atoms with Gasteiger partial charge in [0.05, 0.1) is 38.2 Å². The average molecular weight is 690 g/mol. The van der Waals surface area contributed by atoms with E-state index in [1.807, 2.05) is 92.9 Å². The number of aromatic nitrogens is 2. The van der Waals surface area contributed by atoms with E-state index in [9.17, 15) is 9.59 Å². The third-order valence-electron chi connectivity index (χ3n) is 8.36. The maximum atomic E-state index is 13.1. The van der Waals surface area contributed by atoms with Crippen molar-refractivity contribution >= 4 is 40.6 Å². The molecule has 1 saturated heterocycles. The van der Waals surface area contributed by atoms with Gasteiger partial charge in [-0.1, -0.05) is 27.7 Å². The van der Waals surface area contributed by atoms with Crippen molar-refractivity contribution in [1.29, 1.82) is 0 Å². The quantitative estimate of drug-likeness (QED) is 0.284. The lowest BCUT2D eigenvalue weighted by molar-refractivity contribution is -0.118. The third-order valence-corrected chi connectivity index (χ3v) is 8.36. The summed E-state index contributed by atoms with van der Waals surface area (Å²) in [7, 11) is 0. The predicted molar refractivity (Wildman–Crippen MR) is 200 cm³/mol. The van der Waals surface area contributed by atoms with Gasteiger partial charge < -0.3 is 29.7 Å². The summed E-state index contributed by atoms with van der Waals surface area (Å²) in [4.78, 5) is 41.0. The number of pyridine rings is 2. The van der Waals surface area contributed by atoms with Crippen molar-refractivity contribution in [2.24, 2.45) is 0 Å². The standard InChI is InChI=1S/C34H43N7O5.2C2H6/c1-22-16-26(6-7-27(22)38-30(42)21-39-10-13-44-14-11-39)37-29-17-25-20-40(9-8-24(25)18-35-29)28-19-36-32-31(23(28)2)41(12-15-45-32)33(43)46-34(3,4)5;2*1-2/h6-7,16-19H,8-15,20-21H2,1-5H3,(H,35,37)(H,38,42);2*1-2H3. The molecule has 12 nitrogen and oxygen atoms in total. The van der Waals surface area contributed by atoms with Gasteiger partial charge in [0, 0.05) is 49.3 Å². The molecule has 0 spiro atoms. The third kappa shape index (κ3) is 9.63. The number of ether oxygens (including phenoxy) is 3. The lowest BCUT2D eigenvalue weighted by Crippen LogP contribution is -2.42. The van der Waals surface area contributed by atoms with Gasteiger partial charge in [-0.25, -0.2) is 14.8 Å². The molecule has 3 aliphatic rings. The second-order valence-corrected chi connectivity index (χ2v) is 13.0. The minimum Gasteiger partial charge on any atom is -0.474 e. The van der Waals surface area contributed by atoms with Crippen LogP contribution in [0, 0.1) is 13.8 Å². The summed E-state index contributed by atoms with van der Waals surface area (Å²) in [6.07, 6.45) is 4.22. The molecule has 5 heterocycles. The number of anilines is 5. The Morgan fingerprint density at radius 3 is 2.36 bits per heavy atom. The van der Waals surface area contributed by atoms with Crippen LogP contribution in [0.15, 0.2) is 36.7 Å². The molecule has 6 rings (SSSR count). The molecule has 12 heteroatoms. The van der Waals surface area contributed by atoms with Gasteiger partial charge >= 0.3 is 6.09 Å².